The molecule has 6 heteroatoms. The molecule has 0 aliphatic carbocycles. The van der Waals surface area contributed by atoms with Crippen LogP contribution in [0.2, 0.25) is 0 Å². The molecule has 0 aliphatic rings. The van der Waals surface area contributed by atoms with Gasteiger partial charge in [0.15, 0.2) is 0 Å². The van der Waals surface area contributed by atoms with Crippen LogP contribution in [0.3, 0.4) is 0 Å². The second-order valence-corrected chi connectivity index (χ2v) is 6.48. The number of benzene rings is 2. The van der Waals surface area contributed by atoms with Gasteiger partial charge in [0.05, 0.1) is 4.92 Å². The summed E-state index contributed by atoms with van der Waals surface area (Å²) in [4.78, 5) is 22.7. The summed E-state index contributed by atoms with van der Waals surface area (Å²) in [6, 6.07) is 11.9. The van der Waals surface area contributed by atoms with Gasteiger partial charge in [0.2, 0.25) is 0 Å². The van der Waals surface area contributed by atoms with E-state index in [9.17, 15) is 14.9 Å². The van der Waals surface area contributed by atoms with Gasteiger partial charge in [0, 0.05) is 33.1 Å². The second kappa shape index (κ2) is 6.11. The molecule has 0 N–H and O–H groups in total. The third kappa shape index (κ3) is 3.12. The minimum atomic E-state index is -0.443. The van der Waals surface area contributed by atoms with E-state index in [0.717, 1.165) is 14.5 Å². The highest BCUT2D eigenvalue weighted by atomic mass is 127. The Kier molecular flexibility index (Phi) is 4.16. The van der Waals surface area contributed by atoms with Crippen molar-refractivity contribution in [1.82, 2.24) is 0 Å². The highest BCUT2D eigenvalue weighted by Gasteiger charge is 2.14. The van der Waals surface area contributed by atoms with E-state index in [1.807, 2.05) is 19.1 Å². The van der Waals surface area contributed by atoms with Crippen molar-refractivity contribution >= 4 is 39.2 Å². The van der Waals surface area contributed by atoms with Gasteiger partial charge >= 0.3 is 5.63 Å². The van der Waals surface area contributed by atoms with Gasteiger partial charge in [-0.15, -0.1) is 0 Å². The van der Waals surface area contributed by atoms with Crippen LogP contribution >= 0.6 is 22.6 Å². The van der Waals surface area contributed by atoms with Crippen LogP contribution in [0.25, 0.3) is 11.0 Å². The quantitative estimate of drug-likeness (QED) is 0.275. The number of aryl methyl sites for hydroxylation is 1. The summed E-state index contributed by atoms with van der Waals surface area (Å²) >= 11 is 2.21. The average Bonchev–Trinajstić information content (AvgIpc) is 2.52. The van der Waals surface area contributed by atoms with Crippen LogP contribution in [0.5, 0.6) is 0 Å². The van der Waals surface area contributed by atoms with Crippen LogP contribution in [0.1, 0.15) is 16.7 Å². The van der Waals surface area contributed by atoms with Crippen molar-refractivity contribution in [3.05, 3.63) is 83.3 Å². The van der Waals surface area contributed by atoms with E-state index in [2.05, 4.69) is 22.6 Å². The van der Waals surface area contributed by atoms with Gasteiger partial charge in [0.1, 0.15) is 5.58 Å². The molecular weight excluding hydrogens is 409 g/mol. The first-order valence-corrected chi connectivity index (χ1v) is 7.99. The van der Waals surface area contributed by atoms with Crippen LogP contribution < -0.4 is 5.63 Å². The topological polar surface area (TPSA) is 73.3 Å². The number of hydrogen-bond donors (Lipinski definition) is 0. The molecule has 3 rings (SSSR count). The summed E-state index contributed by atoms with van der Waals surface area (Å²) < 4.78 is 6.44. The van der Waals surface area contributed by atoms with Crippen molar-refractivity contribution in [3.8, 4) is 0 Å². The largest absolute Gasteiger partial charge is 0.423 e. The summed E-state index contributed by atoms with van der Waals surface area (Å²) in [6.45, 7) is 1.88. The van der Waals surface area contributed by atoms with E-state index >= 15 is 0 Å². The van der Waals surface area contributed by atoms with Crippen molar-refractivity contribution in [2.75, 3.05) is 0 Å². The van der Waals surface area contributed by atoms with Gasteiger partial charge in [-0.1, -0.05) is 12.1 Å². The summed E-state index contributed by atoms with van der Waals surface area (Å²) in [7, 11) is 0. The van der Waals surface area contributed by atoms with Crippen LogP contribution in [0, 0.1) is 20.6 Å². The van der Waals surface area contributed by atoms with E-state index in [1.54, 1.807) is 18.2 Å². The minimum Gasteiger partial charge on any atom is -0.423 e. The standard InChI is InChI=1S/C17H12INO4/c1-10-14-9-12(18)5-6-16(14)23-17(20)15(10)8-11-3-2-4-13(7-11)19(21)22/h2-7,9H,8H2,1H3. The predicted molar refractivity (Wildman–Crippen MR) is 95.8 cm³/mol. The maximum absolute atomic E-state index is 12.3. The van der Waals surface area contributed by atoms with Crippen molar-refractivity contribution in [3.63, 3.8) is 0 Å². The van der Waals surface area contributed by atoms with Gasteiger partial charge in [-0.05, 0) is 58.8 Å². The SMILES string of the molecule is Cc1c(Cc2cccc([N+](=O)[O-])c2)c(=O)oc2ccc(I)cc12. The molecule has 0 radical (unpaired) electrons. The number of nitro benzene ring substituents is 1. The van der Waals surface area contributed by atoms with E-state index in [1.165, 1.54) is 12.1 Å². The van der Waals surface area contributed by atoms with Crippen molar-refractivity contribution in [2.24, 2.45) is 0 Å². The number of nitrogens with zero attached hydrogens (tertiary/aromatic N) is 1. The van der Waals surface area contributed by atoms with Crippen molar-refractivity contribution < 1.29 is 9.34 Å². The molecule has 5 nitrogen and oxygen atoms in total. The molecule has 2 aromatic carbocycles. The number of fused-ring (bicyclic) bond motifs is 1. The van der Waals surface area contributed by atoms with E-state index in [4.69, 9.17) is 4.42 Å². The van der Waals surface area contributed by atoms with Crippen LogP contribution in [-0.4, -0.2) is 4.92 Å². The van der Waals surface area contributed by atoms with Crippen LogP contribution in [0.15, 0.2) is 51.7 Å². The smallest absolute Gasteiger partial charge is 0.340 e. The molecule has 0 saturated carbocycles. The maximum atomic E-state index is 12.3. The van der Waals surface area contributed by atoms with Crippen LogP contribution in [-0.2, 0) is 6.42 Å². The maximum Gasteiger partial charge on any atom is 0.340 e. The highest BCUT2D eigenvalue weighted by molar-refractivity contribution is 14.1. The molecule has 3 aromatic rings. The molecule has 0 saturated heterocycles. The summed E-state index contributed by atoms with van der Waals surface area (Å²) in [6.07, 6.45) is 0.303. The minimum absolute atomic E-state index is 0.0138. The molecule has 23 heavy (non-hydrogen) atoms. The Bertz CT molecular complexity index is 978. The van der Waals surface area contributed by atoms with Gasteiger partial charge in [0.25, 0.3) is 5.69 Å². The monoisotopic (exact) mass is 421 g/mol. The fraction of sp³-hybridized carbons (Fsp3) is 0.118. The molecule has 0 amide bonds. The summed E-state index contributed by atoms with van der Waals surface area (Å²) in [5, 5.41) is 11.8. The van der Waals surface area contributed by atoms with Crippen LogP contribution in [0.4, 0.5) is 5.69 Å². The number of non-ortho nitro benzene ring substituents is 1. The Hall–Kier alpha value is -2.22. The fourth-order valence-corrected chi connectivity index (χ4v) is 3.04. The van der Waals surface area contributed by atoms with Crippen molar-refractivity contribution in [1.29, 1.82) is 0 Å². The van der Waals surface area contributed by atoms with Gasteiger partial charge in [-0.3, -0.25) is 10.1 Å². The lowest BCUT2D eigenvalue weighted by Crippen LogP contribution is -2.11. The zero-order valence-electron chi connectivity index (χ0n) is 12.2. The summed E-state index contributed by atoms with van der Waals surface area (Å²) in [5.41, 5.74) is 2.25. The Morgan fingerprint density at radius 1 is 1.22 bits per heavy atom. The molecule has 0 fully saturated rings. The fourth-order valence-electron chi connectivity index (χ4n) is 2.55. The zero-order chi connectivity index (χ0) is 16.6. The Labute approximate surface area is 145 Å². The van der Waals surface area contributed by atoms with Gasteiger partial charge in [-0.25, -0.2) is 4.79 Å². The lowest BCUT2D eigenvalue weighted by atomic mass is 9.99. The number of halogens is 1. The molecule has 0 bridgehead atoms. The first-order valence-electron chi connectivity index (χ1n) is 6.91. The van der Waals surface area contributed by atoms with Crippen molar-refractivity contribution in [2.45, 2.75) is 13.3 Å². The predicted octanol–water partition coefficient (Wildman–Crippen LogP) is 4.21. The zero-order valence-corrected chi connectivity index (χ0v) is 14.4. The first kappa shape index (κ1) is 15.7. The third-order valence-electron chi connectivity index (χ3n) is 3.75. The van der Waals surface area contributed by atoms with E-state index in [-0.39, 0.29) is 5.69 Å². The Morgan fingerprint density at radius 2 is 2.00 bits per heavy atom. The number of nitro groups is 1. The first-order chi connectivity index (χ1) is 11.0. The Balaban J connectivity index is 2.11. The van der Waals surface area contributed by atoms with Gasteiger partial charge in [-0.2, -0.15) is 0 Å². The molecule has 116 valence electrons. The molecule has 0 unspecified atom stereocenters. The highest BCUT2D eigenvalue weighted by Crippen LogP contribution is 2.24. The molecule has 1 heterocycles. The third-order valence-corrected chi connectivity index (χ3v) is 4.42. The number of rotatable bonds is 3. The van der Waals surface area contributed by atoms with E-state index in [0.29, 0.717) is 23.1 Å². The van der Waals surface area contributed by atoms with Gasteiger partial charge < -0.3 is 4.42 Å². The number of hydrogen-bond acceptors (Lipinski definition) is 4. The molecular formula is C17H12INO4. The Morgan fingerprint density at radius 3 is 2.74 bits per heavy atom. The second-order valence-electron chi connectivity index (χ2n) is 5.24. The molecule has 0 spiro atoms. The summed E-state index contributed by atoms with van der Waals surface area (Å²) in [5.74, 6) is 0. The van der Waals surface area contributed by atoms with E-state index < -0.39 is 10.5 Å². The molecule has 0 atom stereocenters. The normalized spacial score (nSPS) is 10.9. The average molecular weight is 421 g/mol. The molecule has 1 aromatic heterocycles. The lowest BCUT2D eigenvalue weighted by Gasteiger charge is -2.08. The lowest BCUT2D eigenvalue weighted by molar-refractivity contribution is -0.384. The molecule has 0 aliphatic heterocycles.